The van der Waals surface area contributed by atoms with Crippen LogP contribution in [0, 0.1) is 11.8 Å². The van der Waals surface area contributed by atoms with Crippen molar-refractivity contribution in [3.8, 4) is 0 Å². The molecule has 19 heavy (non-hydrogen) atoms. The standard InChI is InChI=1S/C17H36N2/c1-3-4-5-6-7-8-9-13-17(19-18)16-12-10-11-15(2)14-16/h15-17,19H,3-14,18H2,1-2H3. The molecule has 3 N–H and O–H groups in total. The van der Waals surface area contributed by atoms with Gasteiger partial charge in [0.25, 0.3) is 0 Å². The Bertz CT molecular complexity index is 205. The Hall–Kier alpha value is -0.0800. The van der Waals surface area contributed by atoms with Crippen LogP contribution in [0.4, 0.5) is 0 Å². The lowest BCUT2D eigenvalue weighted by Gasteiger charge is -2.33. The zero-order chi connectivity index (χ0) is 13.9. The summed E-state index contributed by atoms with van der Waals surface area (Å²) >= 11 is 0. The van der Waals surface area contributed by atoms with E-state index >= 15 is 0 Å². The molecule has 0 bridgehead atoms. The molecule has 0 amide bonds. The fourth-order valence-corrected chi connectivity index (χ4v) is 3.62. The Labute approximate surface area is 120 Å². The highest BCUT2D eigenvalue weighted by Gasteiger charge is 2.25. The first-order valence-corrected chi connectivity index (χ1v) is 8.74. The molecule has 2 heteroatoms. The summed E-state index contributed by atoms with van der Waals surface area (Å²) in [6.07, 6.45) is 16.6. The van der Waals surface area contributed by atoms with Gasteiger partial charge in [-0.25, -0.2) is 0 Å². The van der Waals surface area contributed by atoms with Crippen molar-refractivity contribution in [1.82, 2.24) is 5.43 Å². The maximum absolute atomic E-state index is 5.78. The molecule has 1 aliphatic carbocycles. The maximum Gasteiger partial charge on any atom is 0.0238 e. The van der Waals surface area contributed by atoms with Gasteiger partial charge in [0.2, 0.25) is 0 Å². The number of hydrazine groups is 1. The van der Waals surface area contributed by atoms with Crippen LogP contribution in [-0.2, 0) is 0 Å². The predicted molar refractivity (Wildman–Crippen MR) is 84.8 cm³/mol. The van der Waals surface area contributed by atoms with E-state index in [9.17, 15) is 0 Å². The summed E-state index contributed by atoms with van der Waals surface area (Å²) in [5.41, 5.74) is 3.10. The van der Waals surface area contributed by atoms with Crippen LogP contribution in [0.5, 0.6) is 0 Å². The van der Waals surface area contributed by atoms with Gasteiger partial charge in [-0.3, -0.25) is 11.3 Å². The van der Waals surface area contributed by atoms with Crippen molar-refractivity contribution in [2.24, 2.45) is 17.7 Å². The first-order chi connectivity index (χ1) is 9.27. The fourth-order valence-electron chi connectivity index (χ4n) is 3.62. The van der Waals surface area contributed by atoms with Crippen LogP contribution >= 0.6 is 0 Å². The summed E-state index contributed by atoms with van der Waals surface area (Å²) in [7, 11) is 0. The average molecular weight is 268 g/mol. The van der Waals surface area contributed by atoms with Crippen molar-refractivity contribution in [2.75, 3.05) is 0 Å². The van der Waals surface area contributed by atoms with Crippen molar-refractivity contribution in [1.29, 1.82) is 0 Å². The van der Waals surface area contributed by atoms with Crippen LogP contribution in [0.3, 0.4) is 0 Å². The molecule has 2 nitrogen and oxygen atoms in total. The van der Waals surface area contributed by atoms with Gasteiger partial charge < -0.3 is 0 Å². The summed E-state index contributed by atoms with van der Waals surface area (Å²) in [6.45, 7) is 4.68. The molecule has 0 aromatic heterocycles. The third-order valence-corrected chi connectivity index (χ3v) is 4.88. The monoisotopic (exact) mass is 268 g/mol. The number of rotatable bonds is 10. The van der Waals surface area contributed by atoms with Crippen molar-refractivity contribution < 1.29 is 0 Å². The van der Waals surface area contributed by atoms with Crippen LogP contribution < -0.4 is 11.3 Å². The van der Waals surface area contributed by atoms with Gasteiger partial charge in [-0.15, -0.1) is 0 Å². The molecular weight excluding hydrogens is 232 g/mol. The SMILES string of the molecule is CCCCCCCCCC(NN)C1CCCC(C)C1. The van der Waals surface area contributed by atoms with E-state index < -0.39 is 0 Å². The lowest BCUT2D eigenvalue weighted by atomic mass is 9.77. The summed E-state index contributed by atoms with van der Waals surface area (Å²) in [5.74, 6) is 7.51. The second-order valence-electron chi connectivity index (χ2n) is 6.72. The van der Waals surface area contributed by atoms with E-state index in [2.05, 4.69) is 19.3 Å². The van der Waals surface area contributed by atoms with E-state index in [1.165, 1.54) is 77.0 Å². The molecule has 114 valence electrons. The molecule has 3 unspecified atom stereocenters. The highest BCUT2D eigenvalue weighted by molar-refractivity contribution is 4.80. The minimum absolute atomic E-state index is 0.568. The highest BCUT2D eigenvalue weighted by atomic mass is 15.2. The molecule has 0 heterocycles. The van der Waals surface area contributed by atoms with Gasteiger partial charge in [-0.2, -0.15) is 0 Å². The first-order valence-electron chi connectivity index (χ1n) is 8.74. The minimum Gasteiger partial charge on any atom is -0.271 e. The summed E-state index contributed by atoms with van der Waals surface area (Å²) in [4.78, 5) is 0. The van der Waals surface area contributed by atoms with Crippen LogP contribution in [0.15, 0.2) is 0 Å². The van der Waals surface area contributed by atoms with E-state index in [1.807, 2.05) is 0 Å². The van der Waals surface area contributed by atoms with E-state index in [4.69, 9.17) is 5.84 Å². The first kappa shape index (κ1) is 17.0. The van der Waals surface area contributed by atoms with Gasteiger partial charge >= 0.3 is 0 Å². The molecule has 3 atom stereocenters. The number of nitrogens with two attached hydrogens (primary N) is 1. The molecule has 0 aromatic carbocycles. The van der Waals surface area contributed by atoms with Gasteiger partial charge in [0.1, 0.15) is 0 Å². The van der Waals surface area contributed by atoms with Crippen molar-refractivity contribution in [2.45, 2.75) is 96.9 Å². The Morgan fingerprint density at radius 2 is 1.74 bits per heavy atom. The molecule has 1 rings (SSSR count). The van der Waals surface area contributed by atoms with E-state index in [0.717, 1.165) is 11.8 Å². The quantitative estimate of drug-likeness (QED) is 0.340. The lowest BCUT2D eigenvalue weighted by Crippen LogP contribution is -2.42. The van der Waals surface area contributed by atoms with Crippen molar-refractivity contribution in [3.63, 3.8) is 0 Å². The lowest BCUT2D eigenvalue weighted by molar-refractivity contribution is 0.213. The van der Waals surface area contributed by atoms with E-state index in [-0.39, 0.29) is 0 Å². The second-order valence-corrected chi connectivity index (χ2v) is 6.72. The topological polar surface area (TPSA) is 38.0 Å². The molecule has 1 aliphatic rings. The molecule has 0 aromatic rings. The third kappa shape index (κ3) is 7.31. The molecule has 0 saturated heterocycles. The van der Waals surface area contributed by atoms with E-state index in [1.54, 1.807) is 0 Å². The zero-order valence-electron chi connectivity index (χ0n) is 13.3. The molecule has 1 saturated carbocycles. The Morgan fingerprint density at radius 1 is 1.05 bits per heavy atom. The van der Waals surface area contributed by atoms with Crippen molar-refractivity contribution in [3.05, 3.63) is 0 Å². The highest BCUT2D eigenvalue weighted by Crippen LogP contribution is 2.32. The van der Waals surface area contributed by atoms with Gasteiger partial charge in [0.15, 0.2) is 0 Å². The Morgan fingerprint density at radius 3 is 2.37 bits per heavy atom. The number of nitrogens with one attached hydrogen (secondary N) is 1. The Balaban J connectivity index is 2.07. The van der Waals surface area contributed by atoms with Crippen LogP contribution in [0.2, 0.25) is 0 Å². The summed E-state index contributed by atoms with van der Waals surface area (Å²) < 4.78 is 0. The fraction of sp³-hybridized carbons (Fsp3) is 1.00. The number of unbranched alkanes of at least 4 members (excludes halogenated alkanes) is 6. The third-order valence-electron chi connectivity index (χ3n) is 4.88. The van der Waals surface area contributed by atoms with Gasteiger partial charge in [0.05, 0.1) is 0 Å². The van der Waals surface area contributed by atoms with Gasteiger partial charge in [0, 0.05) is 6.04 Å². The second kappa shape index (κ2) is 10.7. The Kier molecular flexibility index (Phi) is 9.54. The summed E-state index contributed by atoms with van der Waals surface area (Å²) in [6, 6.07) is 0.568. The predicted octanol–water partition coefficient (Wildman–Crippen LogP) is 4.79. The maximum atomic E-state index is 5.78. The summed E-state index contributed by atoms with van der Waals surface area (Å²) in [5, 5.41) is 0. The van der Waals surface area contributed by atoms with Crippen molar-refractivity contribution >= 4 is 0 Å². The smallest absolute Gasteiger partial charge is 0.0238 e. The number of hydrogen-bond acceptors (Lipinski definition) is 2. The molecule has 0 spiro atoms. The normalized spacial score (nSPS) is 25.4. The zero-order valence-corrected chi connectivity index (χ0v) is 13.3. The van der Waals surface area contributed by atoms with Crippen LogP contribution in [0.25, 0.3) is 0 Å². The molecule has 0 aliphatic heterocycles. The van der Waals surface area contributed by atoms with Crippen LogP contribution in [-0.4, -0.2) is 6.04 Å². The van der Waals surface area contributed by atoms with Gasteiger partial charge in [-0.05, 0) is 31.1 Å². The van der Waals surface area contributed by atoms with E-state index in [0.29, 0.717) is 6.04 Å². The van der Waals surface area contributed by atoms with Crippen LogP contribution in [0.1, 0.15) is 90.9 Å². The molecule has 1 fully saturated rings. The minimum atomic E-state index is 0.568. The molecule has 0 radical (unpaired) electrons. The molecular formula is C17H36N2. The average Bonchev–Trinajstić information content (AvgIpc) is 2.42. The number of hydrogen-bond donors (Lipinski definition) is 2. The van der Waals surface area contributed by atoms with Gasteiger partial charge in [-0.1, -0.05) is 71.6 Å². The largest absolute Gasteiger partial charge is 0.271 e.